The molecule has 1 atom stereocenters. The Kier molecular flexibility index (Phi) is 3.50. The van der Waals surface area contributed by atoms with Gasteiger partial charge in [0.2, 0.25) is 0 Å². The van der Waals surface area contributed by atoms with E-state index in [1.165, 1.54) is 6.07 Å². The van der Waals surface area contributed by atoms with Crippen molar-refractivity contribution in [2.45, 2.75) is 31.8 Å². The predicted octanol–water partition coefficient (Wildman–Crippen LogP) is 2.48. The Bertz CT molecular complexity index is 477. The summed E-state index contributed by atoms with van der Waals surface area (Å²) >= 11 is 5.89. The van der Waals surface area contributed by atoms with E-state index in [1.54, 1.807) is 19.1 Å². The number of benzene rings is 1. The van der Waals surface area contributed by atoms with Crippen molar-refractivity contribution in [3.63, 3.8) is 0 Å². The van der Waals surface area contributed by atoms with Crippen molar-refractivity contribution in [1.29, 1.82) is 0 Å². The normalized spacial score (nSPS) is 24.3. The molecule has 4 nitrogen and oxygen atoms in total. The van der Waals surface area contributed by atoms with Crippen LogP contribution in [0.5, 0.6) is 5.75 Å². The van der Waals surface area contributed by atoms with Gasteiger partial charge in [-0.2, -0.15) is 0 Å². The number of rotatable bonds is 3. The van der Waals surface area contributed by atoms with Crippen LogP contribution in [0.1, 0.15) is 25.3 Å². The summed E-state index contributed by atoms with van der Waals surface area (Å²) in [7, 11) is 0. The number of hydrogen-bond donors (Lipinski definition) is 2. The molecule has 2 N–H and O–H groups in total. The first kappa shape index (κ1) is 13.2. The quantitative estimate of drug-likeness (QED) is 0.885. The molecule has 0 amide bonds. The predicted molar refractivity (Wildman–Crippen MR) is 68.8 cm³/mol. The molecule has 0 saturated carbocycles. The van der Waals surface area contributed by atoms with Crippen molar-refractivity contribution in [3.05, 3.63) is 28.8 Å². The molecule has 18 heavy (non-hydrogen) atoms. The number of halogens is 1. The topological polar surface area (TPSA) is 60.8 Å². The Labute approximate surface area is 111 Å². The molecule has 0 aromatic heterocycles. The lowest BCUT2D eigenvalue weighted by atomic mass is 9.99. The maximum atomic E-state index is 11.3. The van der Waals surface area contributed by atoms with Gasteiger partial charge in [-0.3, -0.25) is 9.69 Å². The van der Waals surface area contributed by atoms with E-state index < -0.39 is 11.5 Å². The number of phenolic OH excluding ortho intramolecular Hbond substituents is 1. The second-order valence-electron chi connectivity index (χ2n) is 4.88. The molecular formula is C13H16ClNO3. The maximum absolute atomic E-state index is 11.3. The number of likely N-dealkylation sites (tertiary alicyclic amines) is 1. The first-order valence-corrected chi connectivity index (χ1v) is 6.27. The van der Waals surface area contributed by atoms with Crippen LogP contribution in [0.25, 0.3) is 0 Å². The summed E-state index contributed by atoms with van der Waals surface area (Å²) in [6.07, 6.45) is 1.48. The fourth-order valence-corrected chi connectivity index (χ4v) is 2.60. The zero-order valence-electron chi connectivity index (χ0n) is 10.2. The second-order valence-corrected chi connectivity index (χ2v) is 5.31. The molecule has 1 fully saturated rings. The first-order chi connectivity index (χ1) is 8.43. The number of carboxylic acids is 1. The standard InChI is InChI=1S/C13H16ClNO3/c1-13(12(17)18)5-2-6-15(13)8-9-7-10(14)3-4-11(9)16/h3-4,7,16H,2,5-6,8H2,1H3,(H,17,18). The SMILES string of the molecule is CC1(C(=O)O)CCCN1Cc1cc(Cl)ccc1O. The molecule has 0 spiro atoms. The summed E-state index contributed by atoms with van der Waals surface area (Å²) in [5.41, 5.74) is -0.189. The van der Waals surface area contributed by atoms with Crippen molar-refractivity contribution in [2.75, 3.05) is 6.54 Å². The highest BCUT2D eigenvalue weighted by Crippen LogP contribution is 2.33. The third kappa shape index (κ3) is 2.31. The van der Waals surface area contributed by atoms with E-state index in [0.717, 1.165) is 13.0 Å². The molecule has 0 aliphatic carbocycles. The number of aromatic hydroxyl groups is 1. The largest absolute Gasteiger partial charge is 0.508 e. The Morgan fingerprint density at radius 3 is 2.94 bits per heavy atom. The van der Waals surface area contributed by atoms with Crippen LogP contribution in [0.4, 0.5) is 0 Å². The molecule has 1 heterocycles. The summed E-state index contributed by atoms with van der Waals surface area (Å²) in [5.74, 6) is -0.666. The number of carboxylic acid groups (broad SMARTS) is 1. The smallest absolute Gasteiger partial charge is 0.323 e. The van der Waals surface area contributed by atoms with E-state index in [4.69, 9.17) is 11.6 Å². The van der Waals surface area contributed by atoms with E-state index in [1.807, 2.05) is 4.90 Å². The zero-order valence-corrected chi connectivity index (χ0v) is 10.9. The number of carbonyl (C=O) groups is 1. The van der Waals surface area contributed by atoms with Gasteiger partial charge in [0.15, 0.2) is 0 Å². The maximum Gasteiger partial charge on any atom is 0.323 e. The van der Waals surface area contributed by atoms with Gasteiger partial charge in [0.1, 0.15) is 11.3 Å². The molecule has 0 radical (unpaired) electrons. The highest BCUT2D eigenvalue weighted by atomic mass is 35.5. The van der Waals surface area contributed by atoms with E-state index >= 15 is 0 Å². The lowest BCUT2D eigenvalue weighted by Crippen LogP contribution is -2.47. The van der Waals surface area contributed by atoms with Gasteiger partial charge in [-0.15, -0.1) is 0 Å². The molecule has 1 aliphatic heterocycles. The van der Waals surface area contributed by atoms with E-state index in [2.05, 4.69) is 0 Å². The molecule has 1 aromatic rings. The van der Waals surface area contributed by atoms with E-state index in [-0.39, 0.29) is 5.75 Å². The van der Waals surface area contributed by atoms with E-state index in [0.29, 0.717) is 23.6 Å². The van der Waals surface area contributed by atoms with Gasteiger partial charge >= 0.3 is 5.97 Å². The van der Waals surface area contributed by atoms with Crippen molar-refractivity contribution in [2.24, 2.45) is 0 Å². The molecule has 5 heteroatoms. The van der Waals surface area contributed by atoms with Crippen LogP contribution in [0, 0.1) is 0 Å². The third-order valence-electron chi connectivity index (χ3n) is 3.65. The minimum Gasteiger partial charge on any atom is -0.508 e. The van der Waals surface area contributed by atoms with Crippen molar-refractivity contribution in [1.82, 2.24) is 4.90 Å². The van der Waals surface area contributed by atoms with Gasteiger partial charge in [-0.1, -0.05) is 11.6 Å². The van der Waals surface area contributed by atoms with Gasteiger partial charge in [-0.25, -0.2) is 0 Å². The van der Waals surface area contributed by atoms with Gasteiger partial charge in [0.25, 0.3) is 0 Å². The molecular weight excluding hydrogens is 254 g/mol. The van der Waals surface area contributed by atoms with Gasteiger partial charge in [0, 0.05) is 17.1 Å². The van der Waals surface area contributed by atoms with Crippen LogP contribution in [-0.4, -0.2) is 33.2 Å². The summed E-state index contributed by atoms with van der Waals surface area (Å²) in [5, 5.41) is 19.6. The lowest BCUT2D eigenvalue weighted by molar-refractivity contribution is -0.148. The number of hydrogen-bond acceptors (Lipinski definition) is 3. The molecule has 1 saturated heterocycles. The minimum absolute atomic E-state index is 0.152. The second kappa shape index (κ2) is 4.78. The van der Waals surface area contributed by atoms with Crippen LogP contribution in [0.2, 0.25) is 5.02 Å². The summed E-state index contributed by atoms with van der Waals surface area (Å²) in [6.45, 7) is 2.84. The van der Waals surface area contributed by atoms with Crippen LogP contribution < -0.4 is 0 Å². The average molecular weight is 270 g/mol. The number of aliphatic carboxylic acids is 1. The minimum atomic E-state index is -0.852. The van der Waals surface area contributed by atoms with Gasteiger partial charge in [-0.05, 0) is 44.5 Å². The first-order valence-electron chi connectivity index (χ1n) is 5.89. The van der Waals surface area contributed by atoms with Crippen molar-refractivity contribution < 1.29 is 15.0 Å². The van der Waals surface area contributed by atoms with Gasteiger partial charge in [0.05, 0.1) is 0 Å². The molecule has 2 rings (SSSR count). The Morgan fingerprint density at radius 1 is 1.56 bits per heavy atom. The average Bonchev–Trinajstić information content (AvgIpc) is 2.67. The summed E-state index contributed by atoms with van der Waals surface area (Å²) in [4.78, 5) is 13.2. The van der Waals surface area contributed by atoms with Crippen molar-refractivity contribution in [3.8, 4) is 5.75 Å². The Balaban J connectivity index is 2.23. The summed E-state index contributed by atoms with van der Waals surface area (Å²) < 4.78 is 0. The monoisotopic (exact) mass is 269 g/mol. The molecule has 1 aliphatic rings. The highest BCUT2D eigenvalue weighted by Gasteiger charge is 2.43. The van der Waals surface area contributed by atoms with Crippen LogP contribution in [-0.2, 0) is 11.3 Å². The summed E-state index contributed by atoms with van der Waals surface area (Å²) in [6, 6.07) is 4.82. The van der Waals surface area contributed by atoms with Crippen LogP contribution in [0.3, 0.4) is 0 Å². The highest BCUT2D eigenvalue weighted by molar-refractivity contribution is 6.30. The Morgan fingerprint density at radius 2 is 2.28 bits per heavy atom. The molecule has 98 valence electrons. The number of nitrogens with zero attached hydrogens (tertiary/aromatic N) is 1. The van der Waals surface area contributed by atoms with Crippen molar-refractivity contribution >= 4 is 17.6 Å². The number of phenols is 1. The lowest BCUT2D eigenvalue weighted by Gasteiger charge is -2.31. The van der Waals surface area contributed by atoms with Gasteiger partial charge < -0.3 is 10.2 Å². The third-order valence-corrected chi connectivity index (χ3v) is 3.89. The fraction of sp³-hybridized carbons (Fsp3) is 0.462. The molecule has 1 aromatic carbocycles. The zero-order chi connectivity index (χ0) is 13.3. The fourth-order valence-electron chi connectivity index (χ4n) is 2.40. The van der Waals surface area contributed by atoms with E-state index in [9.17, 15) is 15.0 Å². The Hall–Kier alpha value is -1.26. The molecule has 1 unspecified atom stereocenters. The van der Waals surface area contributed by atoms with Crippen LogP contribution in [0.15, 0.2) is 18.2 Å². The van der Waals surface area contributed by atoms with Crippen LogP contribution >= 0.6 is 11.6 Å². The molecule has 0 bridgehead atoms.